The normalized spacial score (nSPS) is 19.8. The highest BCUT2D eigenvalue weighted by molar-refractivity contribution is 5.54. The Hall–Kier alpha value is -1.06. The van der Waals surface area contributed by atoms with Gasteiger partial charge in [-0.15, -0.1) is 0 Å². The van der Waals surface area contributed by atoms with Crippen molar-refractivity contribution >= 4 is 5.69 Å². The van der Waals surface area contributed by atoms with E-state index in [0.29, 0.717) is 5.92 Å². The number of nitrogens with one attached hydrogen (secondary N) is 1. The Kier molecular flexibility index (Phi) is 3.23. The summed E-state index contributed by atoms with van der Waals surface area (Å²) in [7, 11) is 3.69. The first-order valence-electron chi connectivity index (χ1n) is 5.39. The van der Waals surface area contributed by atoms with Crippen molar-refractivity contribution in [3.63, 3.8) is 0 Å². The van der Waals surface area contributed by atoms with Crippen LogP contribution in [0.5, 0.6) is 0 Å². The molecule has 0 bridgehead atoms. The van der Waals surface area contributed by atoms with Gasteiger partial charge in [-0.2, -0.15) is 5.06 Å². The molecule has 1 aromatic rings. The highest BCUT2D eigenvalue weighted by Crippen LogP contribution is 2.31. The van der Waals surface area contributed by atoms with E-state index in [2.05, 4.69) is 29.6 Å². The second kappa shape index (κ2) is 4.64. The Bertz CT molecular complexity index is 327. The van der Waals surface area contributed by atoms with Gasteiger partial charge in [0.15, 0.2) is 0 Å². The zero-order valence-corrected chi connectivity index (χ0v) is 9.36. The molecule has 15 heavy (non-hydrogen) atoms. The van der Waals surface area contributed by atoms with Crippen molar-refractivity contribution in [3.05, 3.63) is 29.8 Å². The number of rotatable bonds is 3. The van der Waals surface area contributed by atoms with Gasteiger partial charge < -0.3 is 10.2 Å². The predicted octanol–water partition coefficient (Wildman–Crippen LogP) is 2.08. The van der Waals surface area contributed by atoms with Crippen LogP contribution in [0, 0.1) is 0 Å². The highest BCUT2D eigenvalue weighted by Gasteiger charge is 2.20. The van der Waals surface area contributed by atoms with Crippen LogP contribution < -0.4 is 5.32 Å². The Morgan fingerprint density at radius 1 is 1.47 bits per heavy atom. The fraction of sp³-hybridized carbons (Fsp3) is 0.500. The average Bonchev–Trinajstić information content (AvgIpc) is 2.29. The molecule has 0 saturated carbocycles. The molecule has 0 aromatic heterocycles. The van der Waals surface area contributed by atoms with Gasteiger partial charge in [-0.1, -0.05) is 18.2 Å². The molecule has 1 aliphatic heterocycles. The van der Waals surface area contributed by atoms with Crippen molar-refractivity contribution in [1.29, 1.82) is 0 Å². The number of likely N-dealkylation sites (N-methyl/N-ethyl adjacent to an activating group) is 1. The number of fused-ring (bicyclic) bond motifs is 1. The molecule has 1 unspecified atom stereocenters. The molecule has 0 aliphatic carbocycles. The SMILES string of the molecule is CON(C)CC1CCNc2ccccc21. The number of benzene rings is 1. The first kappa shape index (κ1) is 10.5. The van der Waals surface area contributed by atoms with Gasteiger partial charge in [0, 0.05) is 31.7 Å². The van der Waals surface area contributed by atoms with Crippen LogP contribution in [-0.2, 0) is 4.84 Å². The van der Waals surface area contributed by atoms with Crippen LogP contribution in [0.1, 0.15) is 17.9 Å². The topological polar surface area (TPSA) is 24.5 Å². The Labute approximate surface area is 91.0 Å². The van der Waals surface area contributed by atoms with Gasteiger partial charge in [0.25, 0.3) is 0 Å². The van der Waals surface area contributed by atoms with E-state index >= 15 is 0 Å². The maximum Gasteiger partial charge on any atom is 0.0575 e. The number of hydroxylamine groups is 2. The maximum atomic E-state index is 5.18. The van der Waals surface area contributed by atoms with Crippen LogP contribution >= 0.6 is 0 Å². The molecule has 0 fully saturated rings. The first-order chi connectivity index (χ1) is 7.31. The number of anilines is 1. The standard InChI is InChI=1S/C12H18N2O/c1-14(15-2)9-10-7-8-13-12-6-4-3-5-11(10)12/h3-6,10,13H,7-9H2,1-2H3. The first-order valence-corrected chi connectivity index (χ1v) is 5.39. The van der Waals surface area contributed by atoms with Crippen LogP contribution in [0.25, 0.3) is 0 Å². The summed E-state index contributed by atoms with van der Waals surface area (Å²) in [5.74, 6) is 0.576. The van der Waals surface area contributed by atoms with Crippen molar-refractivity contribution < 1.29 is 4.84 Å². The summed E-state index contributed by atoms with van der Waals surface area (Å²) < 4.78 is 0. The molecule has 0 amide bonds. The number of hydrogen-bond acceptors (Lipinski definition) is 3. The van der Waals surface area contributed by atoms with Gasteiger partial charge in [0.05, 0.1) is 7.11 Å². The lowest BCUT2D eigenvalue weighted by Crippen LogP contribution is -2.28. The summed E-state index contributed by atoms with van der Waals surface area (Å²) in [6, 6.07) is 8.53. The lowest BCUT2D eigenvalue weighted by molar-refractivity contribution is -0.112. The van der Waals surface area contributed by atoms with Crippen LogP contribution in [0.3, 0.4) is 0 Å². The second-order valence-electron chi connectivity index (χ2n) is 3.99. The quantitative estimate of drug-likeness (QED) is 0.766. The molecule has 3 heteroatoms. The summed E-state index contributed by atoms with van der Waals surface area (Å²) in [4.78, 5) is 5.18. The zero-order valence-electron chi connectivity index (χ0n) is 9.36. The zero-order chi connectivity index (χ0) is 10.7. The van der Waals surface area contributed by atoms with Crippen LogP contribution in [0.2, 0.25) is 0 Å². The van der Waals surface area contributed by atoms with Crippen molar-refractivity contribution in [2.45, 2.75) is 12.3 Å². The smallest absolute Gasteiger partial charge is 0.0575 e. The molecule has 1 heterocycles. The predicted molar refractivity (Wildman–Crippen MR) is 61.9 cm³/mol. The number of hydrogen-bond donors (Lipinski definition) is 1. The third-order valence-corrected chi connectivity index (χ3v) is 3.00. The van der Waals surface area contributed by atoms with E-state index in [1.54, 1.807) is 7.11 Å². The van der Waals surface area contributed by atoms with E-state index < -0.39 is 0 Å². The van der Waals surface area contributed by atoms with Crippen molar-refractivity contribution in [2.75, 3.05) is 32.6 Å². The minimum absolute atomic E-state index is 0.576. The van der Waals surface area contributed by atoms with Crippen molar-refractivity contribution in [2.24, 2.45) is 0 Å². The van der Waals surface area contributed by atoms with Gasteiger partial charge in [0.2, 0.25) is 0 Å². The molecule has 82 valence electrons. The lowest BCUT2D eigenvalue weighted by Gasteiger charge is -2.29. The molecule has 0 radical (unpaired) electrons. The van der Waals surface area contributed by atoms with Gasteiger partial charge >= 0.3 is 0 Å². The van der Waals surface area contributed by atoms with Gasteiger partial charge in [0.1, 0.15) is 0 Å². The molecule has 1 atom stereocenters. The molecule has 0 saturated heterocycles. The van der Waals surface area contributed by atoms with Crippen LogP contribution in [0.4, 0.5) is 5.69 Å². The molecular formula is C12H18N2O. The largest absolute Gasteiger partial charge is 0.385 e. The number of para-hydroxylation sites is 1. The maximum absolute atomic E-state index is 5.18. The van der Waals surface area contributed by atoms with E-state index in [1.165, 1.54) is 17.7 Å². The minimum Gasteiger partial charge on any atom is -0.385 e. The number of nitrogens with zero attached hydrogens (tertiary/aromatic N) is 1. The molecule has 1 N–H and O–H groups in total. The molecule has 1 aromatic carbocycles. The van der Waals surface area contributed by atoms with Gasteiger partial charge in [-0.3, -0.25) is 0 Å². The summed E-state index contributed by atoms with van der Waals surface area (Å²) in [6.45, 7) is 2.01. The van der Waals surface area contributed by atoms with Gasteiger partial charge in [-0.25, -0.2) is 0 Å². The van der Waals surface area contributed by atoms with E-state index in [9.17, 15) is 0 Å². The third kappa shape index (κ3) is 2.30. The Morgan fingerprint density at radius 2 is 2.27 bits per heavy atom. The Balaban J connectivity index is 2.15. The van der Waals surface area contributed by atoms with Crippen molar-refractivity contribution in [3.8, 4) is 0 Å². The lowest BCUT2D eigenvalue weighted by atomic mass is 9.91. The summed E-state index contributed by atoms with van der Waals surface area (Å²) in [6.07, 6.45) is 1.17. The molecular weight excluding hydrogens is 188 g/mol. The Morgan fingerprint density at radius 3 is 3.07 bits per heavy atom. The minimum atomic E-state index is 0.576. The average molecular weight is 206 g/mol. The molecule has 0 spiro atoms. The molecule has 1 aliphatic rings. The van der Waals surface area contributed by atoms with Crippen LogP contribution in [0.15, 0.2) is 24.3 Å². The molecule has 3 nitrogen and oxygen atoms in total. The molecule has 2 rings (SSSR count). The fourth-order valence-electron chi connectivity index (χ4n) is 2.13. The monoisotopic (exact) mass is 206 g/mol. The van der Waals surface area contributed by atoms with E-state index in [4.69, 9.17) is 4.84 Å². The van der Waals surface area contributed by atoms with Crippen LogP contribution in [-0.4, -0.2) is 32.3 Å². The highest BCUT2D eigenvalue weighted by atomic mass is 16.7. The summed E-state index contributed by atoms with van der Waals surface area (Å²) in [5, 5.41) is 5.32. The third-order valence-electron chi connectivity index (χ3n) is 3.00. The van der Waals surface area contributed by atoms with E-state index in [1.807, 2.05) is 12.1 Å². The van der Waals surface area contributed by atoms with Crippen molar-refractivity contribution in [1.82, 2.24) is 5.06 Å². The second-order valence-corrected chi connectivity index (χ2v) is 3.99. The fourth-order valence-corrected chi connectivity index (χ4v) is 2.13. The van der Waals surface area contributed by atoms with E-state index in [0.717, 1.165) is 13.1 Å². The van der Waals surface area contributed by atoms with Gasteiger partial charge in [-0.05, 0) is 18.1 Å². The van der Waals surface area contributed by atoms with E-state index in [-0.39, 0.29) is 0 Å². The summed E-state index contributed by atoms with van der Waals surface area (Å²) in [5.41, 5.74) is 2.69. The summed E-state index contributed by atoms with van der Waals surface area (Å²) >= 11 is 0.